The zero-order valence-electron chi connectivity index (χ0n) is 15.4. The smallest absolute Gasteiger partial charge is 0.331 e. The fourth-order valence-electron chi connectivity index (χ4n) is 2.77. The van der Waals surface area contributed by atoms with Gasteiger partial charge in [0.2, 0.25) is 0 Å². The fraction of sp³-hybridized carbons (Fsp3) is 0.400. The topological polar surface area (TPSA) is 93.1 Å². The third-order valence-electron chi connectivity index (χ3n) is 4.45. The Morgan fingerprint density at radius 3 is 2.69 bits per heavy atom. The number of rotatable bonds is 4. The van der Waals surface area contributed by atoms with Crippen molar-refractivity contribution >= 4 is 17.8 Å². The van der Waals surface area contributed by atoms with Crippen LogP contribution in [0.5, 0.6) is 11.5 Å². The standard InChI is InChI=1S/C20H24O6/c1-12-9-17(19(24)20(2,3)11-15(12)22)26-18(23)8-6-13-5-7-14(21)16(10-13)25-4/h5-10,17,19,21,24H,11H2,1-4H3. The lowest BCUT2D eigenvalue weighted by Gasteiger charge is -2.31. The van der Waals surface area contributed by atoms with Crippen LogP contribution in [0, 0.1) is 5.41 Å². The molecule has 26 heavy (non-hydrogen) atoms. The van der Waals surface area contributed by atoms with Crippen molar-refractivity contribution in [3.63, 3.8) is 0 Å². The summed E-state index contributed by atoms with van der Waals surface area (Å²) >= 11 is 0. The maximum absolute atomic E-state index is 12.1. The number of esters is 1. The Morgan fingerprint density at radius 2 is 2.04 bits per heavy atom. The van der Waals surface area contributed by atoms with Crippen molar-refractivity contribution in [2.75, 3.05) is 7.11 Å². The maximum atomic E-state index is 12.1. The number of benzene rings is 1. The monoisotopic (exact) mass is 360 g/mol. The Morgan fingerprint density at radius 1 is 1.35 bits per heavy atom. The van der Waals surface area contributed by atoms with Gasteiger partial charge < -0.3 is 19.7 Å². The number of Topliss-reactive ketones (excluding diaryl/α,β-unsaturated/α-hetero) is 1. The number of aliphatic hydroxyl groups is 1. The normalized spacial score (nSPS) is 22.7. The summed E-state index contributed by atoms with van der Waals surface area (Å²) in [6, 6.07) is 4.65. The maximum Gasteiger partial charge on any atom is 0.331 e. The van der Waals surface area contributed by atoms with Gasteiger partial charge in [0.15, 0.2) is 17.3 Å². The van der Waals surface area contributed by atoms with Gasteiger partial charge in [-0.05, 0) is 42.3 Å². The second kappa shape index (κ2) is 7.74. The van der Waals surface area contributed by atoms with Gasteiger partial charge in [0.1, 0.15) is 12.2 Å². The highest BCUT2D eigenvalue weighted by Crippen LogP contribution is 2.33. The molecule has 1 aliphatic carbocycles. The molecule has 0 radical (unpaired) electrons. The van der Waals surface area contributed by atoms with Gasteiger partial charge in [-0.3, -0.25) is 4.79 Å². The molecule has 2 rings (SSSR count). The molecule has 2 atom stereocenters. The second-order valence-electron chi connectivity index (χ2n) is 7.05. The van der Waals surface area contributed by atoms with Crippen LogP contribution >= 0.6 is 0 Å². The summed E-state index contributed by atoms with van der Waals surface area (Å²) in [5.74, 6) is -0.422. The number of ether oxygens (including phenoxy) is 2. The number of phenols is 1. The molecular weight excluding hydrogens is 336 g/mol. The van der Waals surface area contributed by atoms with Gasteiger partial charge in [0, 0.05) is 17.9 Å². The van der Waals surface area contributed by atoms with Crippen LogP contribution in [0.4, 0.5) is 0 Å². The van der Waals surface area contributed by atoms with Gasteiger partial charge in [-0.2, -0.15) is 0 Å². The molecule has 2 N–H and O–H groups in total. The molecule has 0 heterocycles. The molecule has 0 saturated carbocycles. The highest BCUT2D eigenvalue weighted by molar-refractivity contribution is 5.96. The quantitative estimate of drug-likeness (QED) is 0.633. The molecule has 0 aliphatic heterocycles. The zero-order chi connectivity index (χ0) is 19.5. The SMILES string of the molecule is COc1cc(C=CC(=O)OC2C=C(C)C(=O)CC(C)(C)C2O)ccc1O. The van der Waals surface area contributed by atoms with Crippen molar-refractivity contribution in [1.29, 1.82) is 0 Å². The third-order valence-corrected chi connectivity index (χ3v) is 4.45. The number of ketones is 1. The summed E-state index contributed by atoms with van der Waals surface area (Å²) in [6.07, 6.45) is 2.53. The summed E-state index contributed by atoms with van der Waals surface area (Å²) in [5, 5.41) is 20.1. The number of allylic oxidation sites excluding steroid dienone is 1. The van der Waals surface area contributed by atoms with E-state index in [1.54, 1.807) is 32.9 Å². The van der Waals surface area contributed by atoms with Crippen LogP contribution in [0.1, 0.15) is 32.8 Å². The Labute approximate surface area is 152 Å². The molecule has 6 nitrogen and oxygen atoms in total. The molecule has 1 aromatic rings. The summed E-state index contributed by atoms with van der Waals surface area (Å²) in [7, 11) is 1.43. The number of aromatic hydroxyl groups is 1. The van der Waals surface area contributed by atoms with Gasteiger partial charge >= 0.3 is 5.97 Å². The number of carbonyl (C=O) groups excluding carboxylic acids is 2. The molecule has 0 fully saturated rings. The van der Waals surface area contributed by atoms with Gasteiger partial charge in [0.05, 0.1) is 7.11 Å². The Kier molecular flexibility index (Phi) is 5.87. The first kappa shape index (κ1) is 19.7. The van der Waals surface area contributed by atoms with Crippen LogP contribution in [0.3, 0.4) is 0 Å². The van der Waals surface area contributed by atoms with Gasteiger partial charge in [-0.25, -0.2) is 4.79 Å². The molecule has 1 aliphatic rings. The highest BCUT2D eigenvalue weighted by atomic mass is 16.6. The molecule has 140 valence electrons. The van der Waals surface area contributed by atoms with Crippen LogP contribution in [0.25, 0.3) is 6.08 Å². The summed E-state index contributed by atoms with van der Waals surface area (Å²) in [6.45, 7) is 5.18. The van der Waals surface area contributed by atoms with Crippen LogP contribution in [-0.2, 0) is 14.3 Å². The minimum atomic E-state index is -0.991. The summed E-state index contributed by atoms with van der Waals surface area (Å²) in [5.41, 5.74) is 0.407. The Bertz CT molecular complexity index is 760. The zero-order valence-corrected chi connectivity index (χ0v) is 15.4. The number of hydrogen-bond donors (Lipinski definition) is 2. The molecular formula is C20H24O6. The van der Waals surface area contributed by atoms with E-state index in [1.165, 1.54) is 31.4 Å². The molecule has 2 unspecified atom stereocenters. The van der Waals surface area contributed by atoms with Gasteiger partial charge in [-0.15, -0.1) is 0 Å². The molecule has 0 aromatic heterocycles. The van der Waals surface area contributed by atoms with Crippen molar-refractivity contribution in [3.8, 4) is 11.5 Å². The summed E-state index contributed by atoms with van der Waals surface area (Å²) in [4.78, 5) is 24.2. The Balaban J connectivity index is 2.14. The largest absolute Gasteiger partial charge is 0.504 e. The van der Waals surface area contributed by atoms with E-state index < -0.39 is 23.6 Å². The molecule has 0 spiro atoms. The van der Waals surface area contributed by atoms with Gasteiger partial charge in [0.25, 0.3) is 0 Å². The lowest BCUT2D eigenvalue weighted by atomic mass is 9.80. The van der Waals surface area contributed by atoms with E-state index in [-0.39, 0.29) is 18.0 Å². The number of hydrogen-bond acceptors (Lipinski definition) is 6. The second-order valence-corrected chi connectivity index (χ2v) is 7.05. The predicted octanol–water partition coefficient (Wildman–Crippen LogP) is 2.63. The molecule has 0 saturated heterocycles. The first-order valence-corrected chi connectivity index (χ1v) is 8.29. The van der Waals surface area contributed by atoms with E-state index in [0.717, 1.165) is 0 Å². The van der Waals surface area contributed by atoms with Crippen LogP contribution in [0.2, 0.25) is 0 Å². The van der Waals surface area contributed by atoms with Crippen LogP contribution < -0.4 is 4.74 Å². The Hall–Kier alpha value is -2.60. The van der Waals surface area contributed by atoms with Crippen molar-refractivity contribution in [2.45, 2.75) is 39.4 Å². The van der Waals surface area contributed by atoms with Crippen LogP contribution in [0.15, 0.2) is 35.9 Å². The minimum Gasteiger partial charge on any atom is -0.504 e. The minimum absolute atomic E-state index is 0.00122. The number of carbonyl (C=O) groups is 2. The van der Waals surface area contributed by atoms with Crippen molar-refractivity contribution in [2.24, 2.45) is 5.41 Å². The number of aliphatic hydroxyl groups excluding tert-OH is 1. The molecule has 0 amide bonds. The molecule has 0 bridgehead atoms. The van der Waals surface area contributed by atoms with E-state index >= 15 is 0 Å². The third kappa shape index (κ3) is 4.52. The van der Waals surface area contributed by atoms with Crippen molar-refractivity contribution in [3.05, 3.63) is 41.5 Å². The predicted molar refractivity (Wildman–Crippen MR) is 96.7 cm³/mol. The van der Waals surface area contributed by atoms with E-state index in [9.17, 15) is 19.8 Å². The van der Waals surface area contributed by atoms with Gasteiger partial charge in [-0.1, -0.05) is 19.9 Å². The number of methoxy groups -OCH3 is 1. The average molecular weight is 360 g/mol. The van der Waals surface area contributed by atoms with Crippen molar-refractivity contribution < 1.29 is 29.3 Å². The first-order valence-electron chi connectivity index (χ1n) is 8.29. The van der Waals surface area contributed by atoms with Crippen LogP contribution in [-0.4, -0.2) is 41.3 Å². The first-order chi connectivity index (χ1) is 12.1. The average Bonchev–Trinajstić information content (AvgIpc) is 2.65. The van der Waals surface area contributed by atoms with E-state index in [0.29, 0.717) is 16.9 Å². The summed E-state index contributed by atoms with van der Waals surface area (Å²) < 4.78 is 10.4. The van der Waals surface area contributed by atoms with E-state index in [1.807, 2.05) is 0 Å². The highest BCUT2D eigenvalue weighted by Gasteiger charge is 2.39. The molecule has 6 heteroatoms. The lowest BCUT2D eigenvalue weighted by Crippen LogP contribution is -2.40. The molecule has 1 aromatic carbocycles. The van der Waals surface area contributed by atoms with E-state index in [4.69, 9.17) is 9.47 Å². The van der Waals surface area contributed by atoms with E-state index in [2.05, 4.69) is 0 Å². The fourth-order valence-corrected chi connectivity index (χ4v) is 2.77. The van der Waals surface area contributed by atoms with Crippen molar-refractivity contribution in [1.82, 2.24) is 0 Å². The number of phenolic OH excluding ortho intramolecular Hbond substituents is 1. The lowest BCUT2D eigenvalue weighted by molar-refractivity contribution is -0.149.